The minimum absolute atomic E-state index is 0.147. The van der Waals surface area contributed by atoms with Crippen LogP contribution in [0.5, 0.6) is 11.6 Å². The number of halogens is 3. The van der Waals surface area contributed by atoms with Gasteiger partial charge in [-0.05, 0) is 68.3 Å². The molecule has 2 atom stereocenters. The Bertz CT molecular complexity index is 1360. The standard InChI is InChI=1S/C28H26F3N3O4/c1-5-17-8-6-10-20(12-17)33-25-24(37-25)19-9-7-11-21(15-19)36-23-14-18(13-22(34-23)28(29,30)31)16-32-26(35)38-27(2,3)4/h1,6-15,24-25,33H,16H2,2-4H3,(H,32,35). The number of amides is 1. The lowest BCUT2D eigenvalue weighted by atomic mass is 10.1. The molecule has 0 radical (unpaired) electrons. The number of epoxide rings is 1. The fourth-order valence-electron chi connectivity index (χ4n) is 3.56. The summed E-state index contributed by atoms with van der Waals surface area (Å²) in [7, 11) is 0. The van der Waals surface area contributed by atoms with E-state index in [0.717, 1.165) is 22.9 Å². The Morgan fingerprint density at radius 1 is 1.11 bits per heavy atom. The second-order valence-corrected chi connectivity index (χ2v) is 9.57. The largest absolute Gasteiger partial charge is 0.444 e. The molecule has 1 amide bonds. The highest BCUT2D eigenvalue weighted by Crippen LogP contribution is 2.40. The summed E-state index contributed by atoms with van der Waals surface area (Å²) < 4.78 is 57.0. The highest BCUT2D eigenvalue weighted by molar-refractivity contribution is 5.67. The molecule has 4 rings (SSSR count). The zero-order valence-corrected chi connectivity index (χ0v) is 20.9. The number of nitrogens with one attached hydrogen (secondary N) is 2. The monoisotopic (exact) mass is 525 g/mol. The van der Waals surface area contributed by atoms with Crippen LogP contribution in [0.25, 0.3) is 0 Å². The number of terminal acetylenes is 1. The zero-order chi connectivity index (χ0) is 27.5. The van der Waals surface area contributed by atoms with E-state index in [1.807, 2.05) is 30.3 Å². The molecule has 7 nitrogen and oxygen atoms in total. The minimum Gasteiger partial charge on any atom is -0.444 e. The van der Waals surface area contributed by atoms with Gasteiger partial charge in [-0.1, -0.05) is 24.1 Å². The van der Waals surface area contributed by atoms with Crippen molar-refractivity contribution in [3.8, 4) is 24.0 Å². The third-order valence-electron chi connectivity index (χ3n) is 5.23. The molecule has 2 N–H and O–H groups in total. The highest BCUT2D eigenvalue weighted by atomic mass is 19.4. The van der Waals surface area contributed by atoms with E-state index in [1.54, 1.807) is 39.0 Å². The summed E-state index contributed by atoms with van der Waals surface area (Å²) in [5.41, 5.74) is 0.568. The molecule has 38 heavy (non-hydrogen) atoms. The number of anilines is 1. The number of pyridine rings is 1. The topological polar surface area (TPSA) is 85.0 Å². The Labute approximate surface area is 218 Å². The Hall–Kier alpha value is -4.23. The van der Waals surface area contributed by atoms with Crippen LogP contribution in [0.3, 0.4) is 0 Å². The first-order valence-corrected chi connectivity index (χ1v) is 11.7. The Morgan fingerprint density at radius 3 is 2.58 bits per heavy atom. The number of alkyl carbamates (subject to hydrolysis) is 1. The van der Waals surface area contributed by atoms with Crippen LogP contribution in [-0.2, 0) is 22.2 Å². The predicted octanol–water partition coefficient (Wildman–Crippen LogP) is 6.41. The molecule has 2 unspecified atom stereocenters. The molecule has 1 aromatic heterocycles. The lowest BCUT2D eigenvalue weighted by Crippen LogP contribution is -2.32. The maximum absolute atomic E-state index is 13.5. The van der Waals surface area contributed by atoms with Crippen LogP contribution in [0.2, 0.25) is 0 Å². The average Bonchev–Trinajstić information content (AvgIpc) is 3.60. The molecule has 1 fully saturated rings. The minimum atomic E-state index is -4.71. The SMILES string of the molecule is C#Cc1cccc(NC2OC2c2cccc(Oc3cc(CNC(=O)OC(C)(C)C)cc(C(F)(F)F)n3)c2)c1. The fourth-order valence-corrected chi connectivity index (χ4v) is 3.56. The van der Waals surface area contributed by atoms with Gasteiger partial charge < -0.3 is 24.8 Å². The van der Waals surface area contributed by atoms with Gasteiger partial charge in [0.25, 0.3) is 0 Å². The van der Waals surface area contributed by atoms with Crippen LogP contribution in [-0.4, -0.2) is 22.9 Å². The van der Waals surface area contributed by atoms with E-state index < -0.39 is 23.6 Å². The van der Waals surface area contributed by atoms with Gasteiger partial charge in [-0.3, -0.25) is 0 Å². The van der Waals surface area contributed by atoms with Crippen molar-refractivity contribution in [1.29, 1.82) is 0 Å². The van der Waals surface area contributed by atoms with Crippen LogP contribution in [0.15, 0.2) is 60.7 Å². The van der Waals surface area contributed by atoms with Crippen LogP contribution < -0.4 is 15.4 Å². The first-order chi connectivity index (χ1) is 17.9. The second-order valence-electron chi connectivity index (χ2n) is 9.57. The van der Waals surface area contributed by atoms with Crippen molar-refractivity contribution < 1.29 is 32.2 Å². The number of benzene rings is 2. The highest BCUT2D eigenvalue weighted by Gasteiger charge is 2.40. The summed E-state index contributed by atoms with van der Waals surface area (Å²) >= 11 is 0. The maximum Gasteiger partial charge on any atom is 0.433 e. The number of carbonyl (C=O) groups is 1. The molecule has 1 aliphatic heterocycles. The summed E-state index contributed by atoms with van der Waals surface area (Å²) in [6.07, 6.45) is -0.596. The molecule has 10 heteroatoms. The summed E-state index contributed by atoms with van der Waals surface area (Å²) in [4.78, 5) is 15.6. The van der Waals surface area contributed by atoms with Crippen molar-refractivity contribution in [2.75, 3.05) is 5.32 Å². The van der Waals surface area contributed by atoms with Gasteiger partial charge in [0.1, 0.15) is 23.1 Å². The van der Waals surface area contributed by atoms with Crippen LogP contribution in [0.1, 0.15) is 49.3 Å². The molecule has 1 saturated heterocycles. The molecule has 1 aliphatic rings. The summed E-state index contributed by atoms with van der Waals surface area (Å²) in [6.45, 7) is 4.84. The Morgan fingerprint density at radius 2 is 1.87 bits per heavy atom. The van der Waals surface area contributed by atoms with E-state index in [4.69, 9.17) is 20.6 Å². The third-order valence-corrected chi connectivity index (χ3v) is 5.23. The van der Waals surface area contributed by atoms with Gasteiger partial charge in [-0.2, -0.15) is 13.2 Å². The number of nitrogens with zero attached hydrogens (tertiary/aromatic N) is 1. The van der Waals surface area contributed by atoms with Gasteiger partial charge in [0, 0.05) is 23.9 Å². The van der Waals surface area contributed by atoms with Gasteiger partial charge >= 0.3 is 12.3 Å². The van der Waals surface area contributed by atoms with E-state index in [0.29, 0.717) is 0 Å². The number of alkyl halides is 3. The smallest absolute Gasteiger partial charge is 0.433 e. The molecule has 3 aromatic rings. The van der Waals surface area contributed by atoms with Crippen LogP contribution >= 0.6 is 0 Å². The number of rotatable bonds is 7. The molecule has 0 bridgehead atoms. The van der Waals surface area contributed by atoms with E-state index in [9.17, 15) is 18.0 Å². The van der Waals surface area contributed by atoms with Gasteiger partial charge in [-0.25, -0.2) is 9.78 Å². The van der Waals surface area contributed by atoms with Gasteiger partial charge in [-0.15, -0.1) is 6.42 Å². The third kappa shape index (κ3) is 7.40. The van der Waals surface area contributed by atoms with Crippen LogP contribution in [0, 0.1) is 12.3 Å². The van der Waals surface area contributed by atoms with Gasteiger partial charge in [0.05, 0.1) is 0 Å². The zero-order valence-electron chi connectivity index (χ0n) is 20.9. The van der Waals surface area contributed by atoms with E-state index in [1.165, 1.54) is 6.07 Å². The first kappa shape index (κ1) is 26.8. The maximum atomic E-state index is 13.5. The van der Waals surface area contributed by atoms with Gasteiger partial charge in [0.15, 0.2) is 6.23 Å². The molecule has 0 spiro atoms. The number of carbonyl (C=O) groups excluding carboxylic acids is 1. The molecule has 2 aromatic carbocycles. The average molecular weight is 526 g/mol. The van der Waals surface area contributed by atoms with Gasteiger partial charge in [0.2, 0.25) is 5.88 Å². The molecule has 2 heterocycles. The lowest BCUT2D eigenvalue weighted by Gasteiger charge is -2.20. The molecular weight excluding hydrogens is 499 g/mol. The van der Waals surface area contributed by atoms with E-state index in [2.05, 4.69) is 21.5 Å². The molecule has 0 aliphatic carbocycles. The Kier molecular flexibility index (Phi) is 7.51. The van der Waals surface area contributed by atoms with Crippen molar-refractivity contribution >= 4 is 11.8 Å². The normalized spacial score (nSPS) is 16.8. The van der Waals surface area contributed by atoms with Crippen molar-refractivity contribution in [3.05, 3.63) is 83.0 Å². The summed E-state index contributed by atoms with van der Waals surface area (Å²) in [6, 6.07) is 16.3. The summed E-state index contributed by atoms with van der Waals surface area (Å²) in [5, 5.41) is 5.68. The van der Waals surface area contributed by atoms with E-state index >= 15 is 0 Å². The number of hydrogen-bond acceptors (Lipinski definition) is 6. The lowest BCUT2D eigenvalue weighted by molar-refractivity contribution is -0.141. The summed E-state index contributed by atoms with van der Waals surface area (Å²) in [5.74, 6) is 2.59. The fraction of sp³-hybridized carbons (Fsp3) is 0.286. The predicted molar refractivity (Wildman–Crippen MR) is 134 cm³/mol. The van der Waals surface area contributed by atoms with Crippen molar-refractivity contribution in [1.82, 2.24) is 10.3 Å². The Balaban J connectivity index is 1.46. The van der Waals surface area contributed by atoms with Crippen molar-refractivity contribution in [2.24, 2.45) is 0 Å². The van der Waals surface area contributed by atoms with Crippen molar-refractivity contribution in [3.63, 3.8) is 0 Å². The first-order valence-electron chi connectivity index (χ1n) is 11.7. The molecule has 0 saturated carbocycles. The molecular formula is C28H26F3N3O4. The quantitative estimate of drug-likeness (QED) is 0.274. The number of aromatic nitrogens is 1. The van der Waals surface area contributed by atoms with Crippen molar-refractivity contribution in [2.45, 2.75) is 51.4 Å². The van der Waals surface area contributed by atoms with Crippen LogP contribution in [0.4, 0.5) is 23.7 Å². The van der Waals surface area contributed by atoms with E-state index in [-0.39, 0.29) is 36.1 Å². The molecule has 198 valence electrons. The second kappa shape index (κ2) is 10.6. The number of ether oxygens (including phenoxy) is 3. The number of hydrogen-bond donors (Lipinski definition) is 2.